The quantitative estimate of drug-likeness (QED) is 0.895. The van der Waals surface area contributed by atoms with Gasteiger partial charge in [0.2, 0.25) is 0 Å². The normalized spacial score (nSPS) is 11.1. The molecule has 0 saturated heterocycles. The van der Waals surface area contributed by atoms with Crippen LogP contribution in [0.15, 0.2) is 10.2 Å². The number of ether oxygens (including phenoxy) is 1. The maximum atomic E-state index is 12.4. The fraction of sp³-hybridized carbons (Fsp3) is 0.417. The topological polar surface area (TPSA) is 81.4 Å². The average molecular weight is 282 g/mol. The molecule has 19 heavy (non-hydrogen) atoms. The Morgan fingerprint density at radius 1 is 1.58 bits per heavy atom. The molecule has 0 bridgehead atoms. The highest BCUT2D eigenvalue weighted by molar-refractivity contribution is 7.17. The highest BCUT2D eigenvalue weighted by Gasteiger charge is 2.18. The van der Waals surface area contributed by atoms with E-state index in [1.54, 1.807) is 7.11 Å². The van der Waals surface area contributed by atoms with Crippen molar-refractivity contribution in [3.05, 3.63) is 27.1 Å². The molecular weight excluding hydrogens is 268 g/mol. The Labute approximate surface area is 113 Å². The van der Waals surface area contributed by atoms with Crippen molar-refractivity contribution in [1.82, 2.24) is 9.55 Å². The molecule has 6 nitrogen and oxygen atoms in total. The second-order valence-corrected chi connectivity index (χ2v) is 4.81. The van der Waals surface area contributed by atoms with Gasteiger partial charge in [0, 0.05) is 25.5 Å². The summed E-state index contributed by atoms with van der Waals surface area (Å²) in [5, 5.41) is 10.7. The molecular formula is C12H14N2O4S. The van der Waals surface area contributed by atoms with Crippen LogP contribution in [0.2, 0.25) is 0 Å². The zero-order valence-electron chi connectivity index (χ0n) is 10.7. The van der Waals surface area contributed by atoms with Gasteiger partial charge in [-0.05, 0) is 6.92 Å². The van der Waals surface area contributed by atoms with Gasteiger partial charge < -0.3 is 9.84 Å². The van der Waals surface area contributed by atoms with E-state index in [4.69, 9.17) is 9.84 Å². The Kier molecular flexibility index (Phi) is 3.96. The van der Waals surface area contributed by atoms with E-state index in [0.29, 0.717) is 30.2 Å². The third kappa shape index (κ3) is 2.39. The molecule has 0 spiro atoms. The van der Waals surface area contributed by atoms with Crippen molar-refractivity contribution in [2.24, 2.45) is 0 Å². The Morgan fingerprint density at radius 2 is 2.32 bits per heavy atom. The van der Waals surface area contributed by atoms with Crippen molar-refractivity contribution < 1.29 is 14.6 Å². The van der Waals surface area contributed by atoms with E-state index in [9.17, 15) is 9.59 Å². The van der Waals surface area contributed by atoms with Gasteiger partial charge in [-0.15, -0.1) is 11.3 Å². The molecule has 0 saturated carbocycles. The summed E-state index contributed by atoms with van der Waals surface area (Å²) in [6.07, 6.45) is 0.524. The zero-order valence-corrected chi connectivity index (χ0v) is 11.5. The molecule has 2 aromatic heterocycles. The Hall–Kier alpha value is -1.73. The first-order valence-electron chi connectivity index (χ1n) is 5.83. The van der Waals surface area contributed by atoms with Gasteiger partial charge in [0.05, 0.1) is 17.6 Å². The summed E-state index contributed by atoms with van der Waals surface area (Å²) >= 11 is 1.18. The predicted octanol–water partition coefficient (Wildman–Crippen LogP) is 1.36. The van der Waals surface area contributed by atoms with Gasteiger partial charge in [0.15, 0.2) is 0 Å². The smallest absolute Gasteiger partial charge is 0.337 e. The third-order valence-electron chi connectivity index (χ3n) is 2.85. The van der Waals surface area contributed by atoms with Gasteiger partial charge in [0.25, 0.3) is 5.56 Å². The maximum Gasteiger partial charge on any atom is 0.337 e. The Morgan fingerprint density at radius 3 is 2.89 bits per heavy atom. The molecule has 2 aromatic rings. The van der Waals surface area contributed by atoms with Crippen molar-refractivity contribution in [3.8, 4) is 0 Å². The van der Waals surface area contributed by atoms with Crippen LogP contribution in [-0.2, 0) is 17.7 Å². The number of hydrogen-bond donors (Lipinski definition) is 1. The van der Waals surface area contributed by atoms with Crippen LogP contribution in [-0.4, -0.2) is 34.3 Å². The lowest BCUT2D eigenvalue weighted by Crippen LogP contribution is -2.25. The molecule has 0 aliphatic rings. The van der Waals surface area contributed by atoms with Gasteiger partial charge in [0.1, 0.15) is 10.7 Å². The molecule has 2 rings (SSSR count). The van der Waals surface area contributed by atoms with Crippen LogP contribution < -0.4 is 5.56 Å². The molecule has 0 fully saturated rings. The van der Waals surface area contributed by atoms with E-state index < -0.39 is 5.97 Å². The van der Waals surface area contributed by atoms with Crippen LogP contribution in [0.1, 0.15) is 23.1 Å². The van der Waals surface area contributed by atoms with Crippen molar-refractivity contribution >= 4 is 27.5 Å². The first-order chi connectivity index (χ1) is 9.10. The number of hydrogen-bond acceptors (Lipinski definition) is 5. The second-order valence-electron chi connectivity index (χ2n) is 3.95. The third-order valence-corrected chi connectivity index (χ3v) is 3.72. The molecule has 0 aliphatic carbocycles. The average Bonchev–Trinajstić information content (AvgIpc) is 2.80. The lowest BCUT2D eigenvalue weighted by Gasteiger charge is -2.09. The highest BCUT2D eigenvalue weighted by atomic mass is 32.1. The van der Waals surface area contributed by atoms with Crippen molar-refractivity contribution in [1.29, 1.82) is 0 Å². The number of aromatic nitrogens is 2. The van der Waals surface area contributed by atoms with Crippen molar-refractivity contribution in [2.75, 3.05) is 13.7 Å². The SMILES string of the molecule is CCn1c(CCOC)nc2scc(C(=O)O)c2c1=O. The van der Waals surface area contributed by atoms with E-state index in [1.807, 2.05) is 6.92 Å². The monoisotopic (exact) mass is 282 g/mol. The van der Waals surface area contributed by atoms with E-state index in [2.05, 4.69) is 4.98 Å². The van der Waals surface area contributed by atoms with Crippen LogP contribution in [0.5, 0.6) is 0 Å². The molecule has 2 heterocycles. The molecule has 0 atom stereocenters. The minimum atomic E-state index is -1.10. The second kappa shape index (κ2) is 5.50. The minimum absolute atomic E-state index is 0.0259. The first kappa shape index (κ1) is 13.7. The molecule has 0 unspecified atom stereocenters. The van der Waals surface area contributed by atoms with Gasteiger partial charge in [-0.1, -0.05) is 0 Å². The number of aromatic carboxylic acids is 1. The van der Waals surface area contributed by atoms with Gasteiger partial charge in [-0.3, -0.25) is 9.36 Å². The van der Waals surface area contributed by atoms with Gasteiger partial charge >= 0.3 is 5.97 Å². The summed E-state index contributed by atoms with van der Waals surface area (Å²) in [6, 6.07) is 0. The Bertz CT molecular complexity index is 674. The lowest BCUT2D eigenvalue weighted by atomic mass is 10.2. The highest BCUT2D eigenvalue weighted by Crippen LogP contribution is 2.21. The van der Waals surface area contributed by atoms with E-state index >= 15 is 0 Å². The number of carbonyl (C=O) groups is 1. The number of thiophene rings is 1. The van der Waals surface area contributed by atoms with Crippen LogP contribution in [0.4, 0.5) is 0 Å². The van der Waals surface area contributed by atoms with Crippen molar-refractivity contribution in [2.45, 2.75) is 19.9 Å². The molecule has 102 valence electrons. The largest absolute Gasteiger partial charge is 0.478 e. The summed E-state index contributed by atoms with van der Waals surface area (Å²) in [4.78, 5) is 28.3. The lowest BCUT2D eigenvalue weighted by molar-refractivity contribution is 0.0699. The van der Waals surface area contributed by atoms with E-state index in [1.165, 1.54) is 21.3 Å². The zero-order chi connectivity index (χ0) is 14.0. The molecule has 0 radical (unpaired) electrons. The molecule has 7 heteroatoms. The number of carboxylic acid groups (broad SMARTS) is 1. The van der Waals surface area contributed by atoms with Crippen LogP contribution in [0, 0.1) is 0 Å². The summed E-state index contributed by atoms with van der Waals surface area (Å²) in [7, 11) is 1.58. The summed E-state index contributed by atoms with van der Waals surface area (Å²) < 4.78 is 6.50. The van der Waals surface area contributed by atoms with Crippen LogP contribution >= 0.6 is 11.3 Å². The van der Waals surface area contributed by atoms with Crippen LogP contribution in [0.3, 0.4) is 0 Å². The Balaban J connectivity index is 2.69. The fourth-order valence-electron chi connectivity index (χ4n) is 1.93. The number of nitrogens with zero attached hydrogens (tertiary/aromatic N) is 2. The van der Waals surface area contributed by atoms with Crippen molar-refractivity contribution in [3.63, 3.8) is 0 Å². The number of methoxy groups -OCH3 is 1. The van der Waals surface area contributed by atoms with Gasteiger partial charge in [-0.25, -0.2) is 9.78 Å². The summed E-state index contributed by atoms with van der Waals surface area (Å²) in [5.74, 6) is -0.474. The number of carboxylic acids is 1. The molecule has 1 N–H and O–H groups in total. The summed E-state index contributed by atoms with van der Waals surface area (Å²) in [5.41, 5.74) is -0.268. The van der Waals surface area contributed by atoms with E-state index in [0.717, 1.165) is 0 Å². The molecule has 0 aromatic carbocycles. The van der Waals surface area contributed by atoms with E-state index in [-0.39, 0.29) is 16.5 Å². The number of fused-ring (bicyclic) bond motifs is 1. The van der Waals surface area contributed by atoms with Crippen LogP contribution in [0.25, 0.3) is 10.2 Å². The number of rotatable bonds is 5. The summed E-state index contributed by atoms with van der Waals surface area (Å²) in [6.45, 7) is 2.75. The van der Waals surface area contributed by atoms with Gasteiger partial charge in [-0.2, -0.15) is 0 Å². The fourth-order valence-corrected chi connectivity index (χ4v) is 2.86. The molecule has 0 aliphatic heterocycles. The molecule has 0 amide bonds. The standard InChI is InChI=1S/C12H14N2O4S/c1-3-14-8(4-5-18-2)13-10-9(11(14)15)7(6-19-10)12(16)17/h6H,3-5H2,1-2H3,(H,16,17). The first-order valence-corrected chi connectivity index (χ1v) is 6.71. The maximum absolute atomic E-state index is 12.4. The minimum Gasteiger partial charge on any atom is -0.478 e. The predicted molar refractivity (Wildman–Crippen MR) is 72.1 cm³/mol.